The van der Waals surface area contributed by atoms with Crippen LogP contribution in [0.4, 0.5) is 0 Å². The molecule has 1 fully saturated rings. The van der Waals surface area contributed by atoms with E-state index in [0.717, 1.165) is 23.9 Å². The highest BCUT2D eigenvalue weighted by Gasteiger charge is 2.32. The number of carbonyl (C=O) groups is 1. The molecule has 5 nitrogen and oxygen atoms in total. The monoisotopic (exact) mass is 384 g/mol. The van der Waals surface area contributed by atoms with Gasteiger partial charge in [0.25, 0.3) is 5.91 Å². The second kappa shape index (κ2) is 6.02. The summed E-state index contributed by atoms with van der Waals surface area (Å²) in [6.07, 6.45) is 7.12. The standard InChI is InChI=1S/C18H17BrN4O/c1-12-4-2-5-13(8-12)16-6-3-7-22(16)18(24)15-10-21-23-11-14(19)9-20-17(15)23/h2,4-5,8-11,16H,3,6-7H2,1H3/t16-/m1/s1. The number of amides is 1. The maximum atomic E-state index is 13.1. The molecule has 0 bridgehead atoms. The van der Waals surface area contributed by atoms with Crippen molar-refractivity contribution < 1.29 is 4.79 Å². The van der Waals surface area contributed by atoms with Gasteiger partial charge in [-0.25, -0.2) is 9.50 Å². The molecular formula is C18H17BrN4O. The first kappa shape index (κ1) is 15.3. The fourth-order valence-electron chi connectivity index (χ4n) is 3.39. The molecule has 1 saturated heterocycles. The van der Waals surface area contributed by atoms with Crippen molar-refractivity contribution in [2.75, 3.05) is 6.54 Å². The van der Waals surface area contributed by atoms with Crippen LogP contribution >= 0.6 is 15.9 Å². The predicted molar refractivity (Wildman–Crippen MR) is 94.9 cm³/mol. The highest BCUT2D eigenvalue weighted by atomic mass is 79.9. The molecule has 0 unspecified atom stereocenters. The van der Waals surface area contributed by atoms with Gasteiger partial charge in [0.1, 0.15) is 5.56 Å². The van der Waals surface area contributed by atoms with Crippen LogP contribution < -0.4 is 0 Å². The molecule has 0 N–H and O–H groups in total. The molecule has 1 aliphatic heterocycles. The molecule has 4 rings (SSSR count). The molecule has 3 heterocycles. The highest BCUT2D eigenvalue weighted by molar-refractivity contribution is 9.10. The van der Waals surface area contributed by atoms with Gasteiger partial charge in [0.2, 0.25) is 0 Å². The summed E-state index contributed by atoms with van der Waals surface area (Å²) in [6.45, 7) is 2.85. The lowest BCUT2D eigenvalue weighted by atomic mass is 10.0. The van der Waals surface area contributed by atoms with E-state index in [9.17, 15) is 4.79 Å². The molecule has 0 spiro atoms. The zero-order valence-corrected chi connectivity index (χ0v) is 14.9. The topological polar surface area (TPSA) is 50.5 Å². The summed E-state index contributed by atoms with van der Waals surface area (Å²) < 4.78 is 2.46. The van der Waals surface area contributed by atoms with Crippen LogP contribution in [0.5, 0.6) is 0 Å². The van der Waals surface area contributed by atoms with Crippen molar-refractivity contribution in [3.05, 3.63) is 64.0 Å². The van der Waals surface area contributed by atoms with E-state index in [-0.39, 0.29) is 11.9 Å². The van der Waals surface area contributed by atoms with E-state index in [0.29, 0.717) is 11.2 Å². The number of benzene rings is 1. The van der Waals surface area contributed by atoms with E-state index < -0.39 is 0 Å². The Morgan fingerprint density at radius 3 is 3.04 bits per heavy atom. The number of halogens is 1. The number of aryl methyl sites for hydroxylation is 1. The molecule has 2 aromatic heterocycles. The fourth-order valence-corrected chi connectivity index (χ4v) is 3.69. The number of aromatic nitrogens is 3. The summed E-state index contributed by atoms with van der Waals surface area (Å²) in [5.74, 6) is 0.00354. The molecule has 0 aliphatic carbocycles. The summed E-state index contributed by atoms with van der Waals surface area (Å²) in [5.41, 5.74) is 3.57. The number of rotatable bonds is 2. The Balaban J connectivity index is 1.70. The molecule has 24 heavy (non-hydrogen) atoms. The summed E-state index contributed by atoms with van der Waals surface area (Å²) in [6, 6.07) is 8.54. The number of hydrogen-bond donors (Lipinski definition) is 0. The van der Waals surface area contributed by atoms with Crippen molar-refractivity contribution in [1.29, 1.82) is 0 Å². The average molecular weight is 385 g/mol. The van der Waals surface area contributed by atoms with Crippen LogP contribution in [-0.4, -0.2) is 31.9 Å². The molecule has 6 heteroatoms. The van der Waals surface area contributed by atoms with E-state index >= 15 is 0 Å². The van der Waals surface area contributed by atoms with Crippen LogP contribution in [0.15, 0.2) is 47.3 Å². The maximum Gasteiger partial charge on any atom is 0.259 e. The van der Waals surface area contributed by atoms with Crippen molar-refractivity contribution >= 4 is 27.5 Å². The van der Waals surface area contributed by atoms with Crippen LogP contribution in [0.3, 0.4) is 0 Å². The molecule has 0 radical (unpaired) electrons. The molecular weight excluding hydrogens is 368 g/mol. The zero-order chi connectivity index (χ0) is 16.7. The van der Waals surface area contributed by atoms with Gasteiger partial charge in [0.15, 0.2) is 5.65 Å². The largest absolute Gasteiger partial charge is 0.331 e. The minimum absolute atomic E-state index is 0.00354. The lowest BCUT2D eigenvalue weighted by Gasteiger charge is -2.25. The van der Waals surface area contributed by atoms with Crippen LogP contribution in [0.2, 0.25) is 0 Å². The summed E-state index contributed by atoms with van der Waals surface area (Å²) >= 11 is 3.37. The highest BCUT2D eigenvalue weighted by Crippen LogP contribution is 2.33. The van der Waals surface area contributed by atoms with E-state index in [4.69, 9.17) is 0 Å². The van der Waals surface area contributed by atoms with Gasteiger partial charge in [0, 0.05) is 18.9 Å². The van der Waals surface area contributed by atoms with Gasteiger partial charge in [0.05, 0.1) is 16.7 Å². The Morgan fingerprint density at radius 2 is 2.21 bits per heavy atom. The summed E-state index contributed by atoms with van der Waals surface area (Å²) in [5, 5.41) is 4.26. The van der Waals surface area contributed by atoms with E-state index in [1.165, 1.54) is 11.1 Å². The van der Waals surface area contributed by atoms with Gasteiger partial charge in [-0.05, 0) is 41.3 Å². The van der Waals surface area contributed by atoms with Gasteiger partial charge in [-0.15, -0.1) is 0 Å². The number of carbonyl (C=O) groups excluding carboxylic acids is 1. The molecule has 122 valence electrons. The Hall–Kier alpha value is -2.21. The Labute approximate surface area is 148 Å². The van der Waals surface area contributed by atoms with E-state index in [1.807, 2.05) is 4.90 Å². The Morgan fingerprint density at radius 1 is 1.33 bits per heavy atom. The third-order valence-electron chi connectivity index (χ3n) is 4.50. The summed E-state index contributed by atoms with van der Waals surface area (Å²) in [4.78, 5) is 19.4. The second-order valence-corrected chi connectivity index (χ2v) is 7.08. The van der Waals surface area contributed by atoms with Crippen molar-refractivity contribution in [3.63, 3.8) is 0 Å². The molecule has 1 aliphatic rings. The molecule has 1 aromatic carbocycles. The van der Waals surface area contributed by atoms with Crippen LogP contribution in [0.1, 0.15) is 40.4 Å². The number of likely N-dealkylation sites (tertiary alicyclic amines) is 1. The molecule has 0 saturated carbocycles. The van der Waals surface area contributed by atoms with Crippen LogP contribution in [-0.2, 0) is 0 Å². The minimum atomic E-state index is 0.00354. The smallest absolute Gasteiger partial charge is 0.259 e. The van der Waals surface area contributed by atoms with Gasteiger partial charge in [-0.2, -0.15) is 5.10 Å². The Bertz CT molecular complexity index is 920. The van der Waals surface area contributed by atoms with E-state index in [2.05, 4.69) is 57.2 Å². The van der Waals surface area contributed by atoms with Gasteiger partial charge < -0.3 is 4.90 Å². The fraction of sp³-hybridized carbons (Fsp3) is 0.278. The number of nitrogens with zero attached hydrogens (tertiary/aromatic N) is 4. The third kappa shape index (κ3) is 2.60. The second-order valence-electron chi connectivity index (χ2n) is 6.17. The maximum absolute atomic E-state index is 13.1. The van der Waals surface area contributed by atoms with Crippen molar-refractivity contribution in [2.24, 2.45) is 0 Å². The average Bonchev–Trinajstić information content (AvgIpc) is 3.20. The molecule has 3 aromatic rings. The zero-order valence-electron chi connectivity index (χ0n) is 13.3. The van der Waals surface area contributed by atoms with E-state index in [1.54, 1.807) is 23.1 Å². The minimum Gasteiger partial charge on any atom is -0.331 e. The van der Waals surface area contributed by atoms with Crippen LogP contribution in [0.25, 0.3) is 5.65 Å². The van der Waals surface area contributed by atoms with Gasteiger partial charge in [-0.3, -0.25) is 4.79 Å². The third-order valence-corrected chi connectivity index (χ3v) is 4.91. The first-order valence-corrected chi connectivity index (χ1v) is 8.79. The number of hydrogen-bond acceptors (Lipinski definition) is 3. The predicted octanol–water partition coefficient (Wildman–Crippen LogP) is 3.78. The van der Waals surface area contributed by atoms with Crippen molar-refractivity contribution in [1.82, 2.24) is 19.5 Å². The van der Waals surface area contributed by atoms with Crippen molar-refractivity contribution in [3.8, 4) is 0 Å². The van der Waals surface area contributed by atoms with Gasteiger partial charge >= 0.3 is 0 Å². The van der Waals surface area contributed by atoms with Gasteiger partial charge in [-0.1, -0.05) is 29.8 Å². The molecule has 1 atom stereocenters. The van der Waals surface area contributed by atoms with Crippen LogP contribution in [0, 0.1) is 6.92 Å². The molecule has 1 amide bonds. The lowest BCUT2D eigenvalue weighted by Crippen LogP contribution is -2.30. The first-order valence-electron chi connectivity index (χ1n) is 8.00. The SMILES string of the molecule is Cc1cccc([C@H]2CCCN2C(=O)c2cnn3cc(Br)cnc23)c1. The normalized spacial score (nSPS) is 17.6. The quantitative estimate of drug-likeness (QED) is 0.675. The first-order chi connectivity index (χ1) is 11.6. The Kier molecular flexibility index (Phi) is 3.84. The van der Waals surface area contributed by atoms with Crippen molar-refractivity contribution in [2.45, 2.75) is 25.8 Å². The summed E-state index contributed by atoms with van der Waals surface area (Å²) in [7, 11) is 0. The lowest BCUT2D eigenvalue weighted by molar-refractivity contribution is 0.0737. The number of fused-ring (bicyclic) bond motifs is 1.